The zero-order valence-corrected chi connectivity index (χ0v) is 8.99. The standard InChI is InChI=1S/C10H19N3O/c1-3-5-9-14-10(6-7-11)13-12-8-4-2/h8,10,13H,3-6,9H2,1-2H3/b12-8-. The van der Waals surface area contributed by atoms with Crippen LogP contribution in [-0.2, 0) is 4.74 Å². The Morgan fingerprint density at radius 2 is 2.36 bits per heavy atom. The molecule has 0 aliphatic carbocycles. The van der Waals surface area contributed by atoms with Gasteiger partial charge in [0.1, 0.15) is 0 Å². The molecule has 1 atom stereocenters. The van der Waals surface area contributed by atoms with Gasteiger partial charge in [-0.05, 0) is 12.8 Å². The van der Waals surface area contributed by atoms with Gasteiger partial charge in [0.25, 0.3) is 0 Å². The maximum atomic E-state index is 8.53. The Morgan fingerprint density at radius 1 is 1.57 bits per heavy atom. The zero-order chi connectivity index (χ0) is 10.6. The van der Waals surface area contributed by atoms with E-state index < -0.39 is 0 Å². The van der Waals surface area contributed by atoms with Crippen LogP contribution >= 0.6 is 0 Å². The highest BCUT2D eigenvalue weighted by molar-refractivity contribution is 5.55. The molecule has 0 saturated heterocycles. The Morgan fingerprint density at radius 3 is 2.93 bits per heavy atom. The molecule has 0 aromatic heterocycles. The summed E-state index contributed by atoms with van der Waals surface area (Å²) in [5.41, 5.74) is 2.81. The Balaban J connectivity index is 3.66. The van der Waals surface area contributed by atoms with Crippen LogP contribution < -0.4 is 5.43 Å². The van der Waals surface area contributed by atoms with Crippen molar-refractivity contribution in [2.45, 2.75) is 45.8 Å². The van der Waals surface area contributed by atoms with Gasteiger partial charge < -0.3 is 4.74 Å². The van der Waals surface area contributed by atoms with E-state index in [1.165, 1.54) is 0 Å². The highest BCUT2D eigenvalue weighted by Crippen LogP contribution is 1.96. The van der Waals surface area contributed by atoms with Crippen LogP contribution in [0.1, 0.15) is 39.5 Å². The summed E-state index contributed by atoms with van der Waals surface area (Å²) in [6.45, 7) is 4.78. The SMILES string of the molecule is CC/C=N\NC(CC#N)OCCCC. The summed E-state index contributed by atoms with van der Waals surface area (Å²) >= 11 is 0. The number of unbranched alkanes of at least 4 members (excludes halogenated alkanes) is 1. The first kappa shape index (κ1) is 12.9. The quantitative estimate of drug-likeness (QED) is 0.280. The van der Waals surface area contributed by atoms with Gasteiger partial charge in [0.15, 0.2) is 6.23 Å². The van der Waals surface area contributed by atoms with Crippen molar-refractivity contribution < 1.29 is 4.74 Å². The van der Waals surface area contributed by atoms with Gasteiger partial charge in [-0.2, -0.15) is 10.4 Å². The summed E-state index contributed by atoms with van der Waals surface area (Å²) < 4.78 is 5.42. The first-order valence-electron chi connectivity index (χ1n) is 5.10. The van der Waals surface area contributed by atoms with E-state index in [9.17, 15) is 0 Å². The molecule has 0 aliphatic heterocycles. The lowest BCUT2D eigenvalue weighted by Gasteiger charge is -2.13. The molecule has 0 amide bonds. The predicted octanol–water partition coefficient (Wildman–Crippen LogP) is 2.03. The molecule has 0 spiro atoms. The van der Waals surface area contributed by atoms with Crippen LogP contribution in [0, 0.1) is 11.3 Å². The average Bonchev–Trinajstić information content (AvgIpc) is 2.18. The molecule has 4 heteroatoms. The van der Waals surface area contributed by atoms with Gasteiger partial charge in [-0.1, -0.05) is 20.3 Å². The Hall–Kier alpha value is -1.08. The van der Waals surface area contributed by atoms with E-state index in [0.29, 0.717) is 13.0 Å². The highest BCUT2D eigenvalue weighted by Gasteiger charge is 2.05. The average molecular weight is 197 g/mol. The van der Waals surface area contributed by atoms with Gasteiger partial charge in [0.05, 0.1) is 12.5 Å². The molecule has 0 aromatic rings. The van der Waals surface area contributed by atoms with Crippen molar-refractivity contribution in [2.75, 3.05) is 6.61 Å². The first-order valence-corrected chi connectivity index (χ1v) is 5.10. The maximum Gasteiger partial charge on any atom is 0.155 e. The lowest BCUT2D eigenvalue weighted by molar-refractivity contribution is 0.0321. The molecule has 1 N–H and O–H groups in total. The highest BCUT2D eigenvalue weighted by atomic mass is 16.5. The van der Waals surface area contributed by atoms with E-state index in [4.69, 9.17) is 10.00 Å². The minimum Gasteiger partial charge on any atom is -0.356 e. The number of ether oxygens (including phenoxy) is 1. The molecule has 0 bridgehead atoms. The van der Waals surface area contributed by atoms with Crippen molar-refractivity contribution in [1.82, 2.24) is 5.43 Å². The van der Waals surface area contributed by atoms with Crippen LogP contribution in [0.2, 0.25) is 0 Å². The summed E-state index contributed by atoms with van der Waals surface area (Å²) in [5.74, 6) is 0. The van der Waals surface area contributed by atoms with E-state index >= 15 is 0 Å². The normalized spacial score (nSPS) is 12.6. The number of nitriles is 1. The van der Waals surface area contributed by atoms with Crippen molar-refractivity contribution in [3.05, 3.63) is 0 Å². The third kappa shape index (κ3) is 7.56. The molecule has 0 heterocycles. The van der Waals surface area contributed by atoms with Crippen LogP contribution in [0.15, 0.2) is 5.10 Å². The molecule has 4 nitrogen and oxygen atoms in total. The topological polar surface area (TPSA) is 57.4 Å². The number of nitrogens with zero attached hydrogens (tertiary/aromatic N) is 2. The predicted molar refractivity (Wildman–Crippen MR) is 56.8 cm³/mol. The second kappa shape index (κ2) is 10.0. The summed E-state index contributed by atoms with van der Waals surface area (Å²) in [6, 6.07) is 2.06. The van der Waals surface area contributed by atoms with Crippen molar-refractivity contribution in [2.24, 2.45) is 5.10 Å². The van der Waals surface area contributed by atoms with Crippen LogP contribution in [0.25, 0.3) is 0 Å². The summed E-state index contributed by atoms with van der Waals surface area (Å²) in [6.07, 6.45) is 4.80. The van der Waals surface area contributed by atoms with E-state index in [-0.39, 0.29) is 6.23 Å². The number of rotatable bonds is 8. The monoisotopic (exact) mass is 197 g/mol. The van der Waals surface area contributed by atoms with Gasteiger partial charge in [0.2, 0.25) is 0 Å². The lowest BCUT2D eigenvalue weighted by atomic mass is 10.3. The van der Waals surface area contributed by atoms with E-state index in [1.807, 2.05) is 6.92 Å². The number of hydrogen-bond donors (Lipinski definition) is 1. The zero-order valence-electron chi connectivity index (χ0n) is 8.99. The molecule has 80 valence electrons. The number of hydrazone groups is 1. The van der Waals surface area contributed by atoms with Crippen LogP contribution in [0.4, 0.5) is 0 Å². The lowest BCUT2D eigenvalue weighted by Crippen LogP contribution is -2.27. The van der Waals surface area contributed by atoms with Crippen LogP contribution in [0.3, 0.4) is 0 Å². The van der Waals surface area contributed by atoms with Crippen molar-refractivity contribution in [3.8, 4) is 6.07 Å². The molecule has 0 radical (unpaired) electrons. The third-order valence-electron chi connectivity index (χ3n) is 1.59. The molecule has 0 saturated carbocycles. The second-order valence-electron chi connectivity index (χ2n) is 2.92. The van der Waals surface area contributed by atoms with E-state index in [2.05, 4.69) is 23.5 Å². The van der Waals surface area contributed by atoms with Crippen molar-refractivity contribution in [3.63, 3.8) is 0 Å². The number of hydrogen-bond acceptors (Lipinski definition) is 4. The van der Waals surface area contributed by atoms with Gasteiger partial charge in [-0.3, -0.25) is 5.43 Å². The Bertz CT molecular complexity index is 186. The minimum absolute atomic E-state index is 0.269. The van der Waals surface area contributed by atoms with Crippen LogP contribution in [-0.4, -0.2) is 19.0 Å². The molecular formula is C10H19N3O. The van der Waals surface area contributed by atoms with E-state index in [0.717, 1.165) is 19.3 Å². The smallest absolute Gasteiger partial charge is 0.155 e. The Labute approximate surface area is 85.9 Å². The fourth-order valence-electron chi connectivity index (χ4n) is 0.822. The molecule has 0 aliphatic rings. The summed E-state index contributed by atoms with van der Waals surface area (Å²) in [7, 11) is 0. The second-order valence-corrected chi connectivity index (χ2v) is 2.92. The van der Waals surface area contributed by atoms with Gasteiger partial charge in [0, 0.05) is 12.8 Å². The molecule has 14 heavy (non-hydrogen) atoms. The molecule has 0 fully saturated rings. The van der Waals surface area contributed by atoms with E-state index in [1.54, 1.807) is 6.21 Å². The van der Waals surface area contributed by atoms with Crippen LogP contribution in [0.5, 0.6) is 0 Å². The summed E-state index contributed by atoms with van der Waals surface area (Å²) in [4.78, 5) is 0. The van der Waals surface area contributed by atoms with Gasteiger partial charge in [-0.15, -0.1) is 0 Å². The molecular weight excluding hydrogens is 178 g/mol. The fraction of sp³-hybridized carbons (Fsp3) is 0.800. The van der Waals surface area contributed by atoms with Gasteiger partial charge >= 0.3 is 0 Å². The minimum atomic E-state index is -0.269. The first-order chi connectivity index (χ1) is 6.85. The van der Waals surface area contributed by atoms with Crippen molar-refractivity contribution >= 4 is 6.21 Å². The Kier molecular flexibility index (Phi) is 9.23. The van der Waals surface area contributed by atoms with Gasteiger partial charge in [-0.25, -0.2) is 0 Å². The fourth-order valence-corrected chi connectivity index (χ4v) is 0.822. The molecule has 1 unspecified atom stereocenters. The summed E-state index contributed by atoms with van der Waals surface area (Å²) in [5, 5.41) is 12.5. The largest absolute Gasteiger partial charge is 0.356 e. The third-order valence-corrected chi connectivity index (χ3v) is 1.59. The van der Waals surface area contributed by atoms with Crippen molar-refractivity contribution in [1.29, 1.82) is 5.26 Å². The molecule has 0 rings (SSSR count). The number of nitrogens with one attached hydrogen (secondary N) is 1. The molecule has 0 aromatic carbocycles. The maximum absolute atomic E-state index is 8.53.